The van der Waals surface area contributed by atoms with E-state index in [4.69, 9.17) is 21.1 Å². The van der Waals surface area contributed by atoms with Crippen LogP contribution in [-0.2, 0) is 4.79 Å². The highest BCUT2D eigenvalue weighted by Crippen LogP contribution is 2.32. The van der Waals surface area contributed by atoms with E-state index < -0.39 is 11.6 Å². The van der Waals surface area contributed by atoms with Crippen LogP contribution >= 0.6 is 11.6 Å². The Balaban J connectivity index is 1.86. The molecule has 122 valence electrons. The number of piperidine rings is 1. The van der Waals surface area contributed by atoms with Gasteiger partial charge in [-0.1, -0.05) is 23.7 Å². The minimum absolute atomic E-state index is 0.00585. The molecule has 0 spiro atoms. The minimum atomic E-state index is -1.76. The van der Waals surface area contributed by atoms with Gasteiger partial charge in [0.25, 0.3) is 5.91 Å². The van der Waals surface area contributed by atoms with Crippen LogP contribution in [0.25, 0.3) is 11.0 Å². The lowest BCUT2D eigenvalue weighted by Crippen LogP contribution is -2.50. The highest BCUT2D eigenvalue weighted by atomic mass is 35.5. The molecule has 1 amide bonds. The fourth-order valence-electron chi connectivity index (χ4n) is 2.85. The number of likely N-dealkylation sites (tertiary alicyclic amines) is 1. The average Bonchev–Trinajstić information content (AvgIpc) is 2.86. The Kier molecular flexibility index (Phi) is 3.82. The second-order valence-electron chi connectivity index (χ2n) is 5.80. The first-order valence-electron chi connectivity index (χ1n) is 7.26. The van der Waals surface area contributed by atoms with E-state index in [9.17, 15) is 14.7 Å². The van der Waals surface area contributed by atoms with Crippen molar-refractivity contribution in [2.24, 2.45) is 0 Å². The first-order valence-corrected chi connectivity index (χ1v) is 7.64. The van der Waals surface area contributed by atoms with Gasteiger partial charge < -0.3 is 19.5 Å². The maximum absolute atomic E-state index is 12.6. The molecule has 0 bridgehead atoms. The molecule has 1 saturated heterocycles. The number of hydrogen-bond donors (Lipinski definition) is 2. The minimum Gasteiger partial charge on any atom is -0.479 e. The number of para-hydroxylation sites is 1. The Morgan fingerprint density at radius 3 is 2.52 bits per heavy atom. The highest BCUT2D eigenvalue weighted by molar-refractivity contribution is 6.35. The van der Waals surface area contributed by atoms with Crippen molar-refractivity contribution in [3.8, 4) is 0 Å². The van der Waals surface area contributed by atoms with E-state index in [1.807, 2.05) is 6.07 Å². The first kappa shape index (κ1) is 15.8. The summed E-state index contributed by atoms with van der Waals surface area (Å²) in [5.41, 5.74) is -0.594. The predicted octanol–water partition coefficient (Wildman–Crippen LogP) is 2.45. The van der Waals surface area contributed by atoms with E-state index >= 15 is 0 Å². The number of furan rings is 1. The molecule has 1 aliphatic rings. The fraction of sp³-hybridized carbons (Fsp3) is 0.375. The number of aliphatic carboxylic acids is 1. The molecule has 0 unspecified atom stereocenters. The van der Waals surface area contributed by atoms with Gasteiger partial charge >= 0.3 is 5.97 Å². The number of aryl methyl sites for hydroxylation is 1. The number of carbonyl (C=O) groups is 2. The van der Waals surface area contributed by atoms with Crippen LogP contribution in [0.3, 0.4) is 0 Å². The van der Waals surface area contributed by atoms with Crippen LogP contribution in [0.2, 0.25) is 5.02 Å². The molecule has 0 saturated carbocycles. The first-order chi connectivity index (χ1) is 10.8. The summed E-state index contributed by atoms with van der Waals surface area (Å²) >= 11 is 6.09. The van der Waals surface area contributed by atoms with Gasteiger partial charge in [-0.2, -0.15) is 0 Å². The number of aliphatic hydroxyl groups is 1. The third kappa shape index (κ3) is 2.58. The van der Waals surface area contributed by atoms with Gasteiger partial charge in [-0.25, -0.2) is 4.79 Å². The Morgan fingerprint density at radius 1 is 1.30 bits per heavy atom. The molecule has 23 heavy (non-hydrogen) atoms. The standard InChI is InChI=1S/C16H16ClNO5/c1-9-10-3-2-4-11(17)13(10)23-12(9)14(19)18-7-5-16(22,6-8-18)15(20)21/h2-4,22H,5-8H2,1H3,(H,20,21). The summed E-state index contributed by atoms with van der Waals surface area (Å²) in [5, 5.41) is 20.2. The number of amides is 1. The third-order valence-corrected chi connectivity index (χ3v) is 4.68. The summed E-state index contributed by atoms with van der Waals surface area (Å²) in [4.78, 5) is 25.2. The molecule has 0 atom stereocenters. The number of carboxylic acid groups (broad SMARTS) is 1. The van der Waals surface area contributed by atoms with Gasteiger partial charge in [0, 0.05) is 36.9 Å². The maximum atomic E-state index is 12.6. The van der Waals surface area contributed by atoms with Crippen molar-refractivity contribution in [3.05, 3.63) is 34.5 Å². The van der Waals surface area contributed by atoms with Crippen LogP contribution in [0.1, 0.15) is 29.0 Å². The lowest BCUT2D eigenvalue weighted by Gasteiger charge is -2.34. The van der Waals surface area contributed by atoms with Gasteiger partial charge in [0.2, 0.25) is 0 Å². The quantitative estimate of drug-likeness (QED) is 0.878. The summed E-state index contributed by atoms with van der Waals surface area (Å²) in [5.74, 6) is -1.37. The zero-order valence-corrected chi connectivity index (χ0v) is 13.3. The molecule has 6 nitrogen and oxygen atoms in total. The zero-order valence-electron chi connectivity index (χ0n) is 12.5. The molecule has 0 aliphatic carbocycles. The van der Waals surface area contributed by atoms with E-state index in [2.05, 4.69) is 0 Å². The average molecular weight is 338 g/mol. The number of carbonyl (C=O) groups excluding carboxylic acids is 1. The van der Waals surface area contributed by atoms with Crippen molar-refractivity contribution in [2.45, 2.75) is 25.4 Å². The highest BCUT2D eigenvalue weighted by Gasteiger charge is 2.41. The van der Waals surface area contributed by atoms with Gasteiger partial charge in [-0.05, 0) is 13.0 Å². The van der Waals surface area contributed by atoms with Crippen molar-refractivity contribution in [1.29, 1.82) is 0 Å². The predicted molar refractivity (Wildman–Crippen MR) is 83.7 cm³/mol. The van der Waals surface area contributed by atoms with Crippen molar-refractivity contribution in [1.82, 2.24) is 4.90 Å². The largest absolute Gasteiger partial charge is 0.479 e. The molecular formula is C16H16ClNO5. The van der Waals surface area contributed by atoms with Gasteiger partial charge in [0.05, 0.1) is 5.02 Å². The summed E-state index contributed by atoms with van der Waals surface area (Å²) in [6, 6.07) is 5.31. The zero-order chi connectivity index (χ0) is 16.8. The summed E-state index contributed by atoms with van der Waals surface area (Å²) in [6.45, 7) is 2.10. The van der Waals surface area contributed by atoms with Crippen molar-refractivity contribution in [3.63, 3.8) is 0 Å². The van der Waals surface area contributed by atoms with Gasteiger partial charge in [-0.3, -0.25) is 4.79 Å². The molecule has 0 radical (unpaired) electrons. The summed E-state index contributed by atoms with van der Waals surface area (Å²) < 4.78 is 5.64. The molecule has 2 heterocycles. The van der Waals surface area contributed by atoms with E-state index in [1.54, 1.807) is 19.1 Å². The van der Waals surface area contributed by atoms with Gasteiger partial charge in [0.15, 0.2) is 16.9 Å². The van der Waals surface area contributed by atoms with E-state index in [0.29, 0.717) is 16.2 Å². The molecule has 1 aromatic heterocycles. The van der Waals surface area contributed by atoms with E-state index in [-0.39, 0.29) is 37.6 Å². The van der Waals surface area contributed by atoms with Crippen LogP contribution in [0.4, 0.5) is 0 Å². The Morgan fingerprint density at radius 2 is 1.96 bits per heavy atom. The summed E-state index contributed by atoms with van der Waals surface area (Å²) in [7, 11) is 0. The van der Waals surface area contributed by atoms with Crippen molar-refractivity contribution >= 4 is 34.4 Å². The number of hydrogen-bond acceptors (Lipinski definition) is 4. The van der Waals surface area contributed by atoms with E-state index in [0.717, 1.165) is 5.39 Å². The monoisotopic (exact) mass is 337 g/mol. The van der Waals surface area contributed by atoms with Gasteiger partial charge in [-0.15, -0.1) is 0 Å². The normalized spacial score (nSPS) is 17.4. The molecule has 1 aromatic carbocycles. The number of nitrogens with zero attached hydrogens (tertiary/aromatic N) is 1. The molecule has 2 aromatic rings. The number of benzene rings is 1. The number of carboxylic acids is 1. The van der Waals surface area contributed by atoms with Gasteiger partial charge in [0.1, 0.15) is 0 Å². The second kappa shape index (κ2) is 5.54. The molecule has 3 rings (SSSR count). The number of halogens is 1. The molecule has 7 heteroatoms. The lowest BCUT2D eigenvalue weighted by molar-refractivity contribution is -0.162. The number of fused-ring (bicyclic) bond motifs is 1. The maximum Gasteiger partial charge on any atom is 0.335 e. The Labute approximate surface area is 137 Å². The number of rotatable bonds is 2. The molecule has 1 aliphatic heterocycles. The topological polar surface area (TPSA) is 91.0 Å². The van der Waals surface area contributed by atoms with Crippen LogP contribution in [-0.4, -0.2) is 45.7 Å². The molecule has 2 N–H and O–H groups in total. The third-order valence-electron chi connectivity index (χ3n) is 4.39. The SMILES string of the molecule is Cc1c(C(=O)N2CCC(O)(C(=O)O)CC2)oc2c(Cl)cccc12. The fourth-order valence-corrected chi connectivity index (χ4v) is 3.06. The lowest BCUT2D eigenvalue weighted by atomic mass is 9.91. The Hall–Kier alpha value is -2.05. The van der Waals surface area contributed by atoms with Crippen molar-refractivity contribution in [2.75, 3.05) is 13.1 Å². The molecular weight excluding hydrogens is 322 g/mol. The van der Waals surface area contributed by atoms with Crippen molar-refractivity contribution < 1.29 is 24.2 Å². The van der Waals surface area contributed by atoms with E-state index in [1.165, 1.54) is 4.90 Å². The summed E-state index contributed by atoms with van der Waals surface area (Å²) in [6.07, 6.45) is -0.0117. The van der Waals surface area contributed by atoms with Crippen LogP contribution in [0, 0.1) is 6.92 Å². The second-order valence-corrected chi connectivity index (χ2v) is 6.21. The Bertz CT molecular complexity index is 789. The smallest absolute Gasteiger partial charge is 0.335 e. The van der Waals surface area contributed by atoms with Crippen LogP contribution in [0.5, 0.6) is 0 Å². The van der Waals surface area contributed by atoms with Crippen LogP contribution in [0.15, 0.2) is 22.6 Å². The molecule has 1 fully saturated rings. The van der Waals surface area contributed by atoms with Crippen LogP contribution < -0.4 is 0 Å².